The smallest absolute Gasteiger partial charge is 0.346 e. The summed E-state index contributed by atoms with van der Waals surface area (Å²) < 4.78 is 5.09. The summed E-state index contributed by atoms with van der Waals surface area (Å²) >= 11 is 1.05. The molecular formula is C16H17N3O4S. The van der Waals surface area contributed by atoms with Crippen LogP contribution in [-0.2, 0) is 4.79 Å². The Labute approximate surface area is 142 Å². The highest BCUT2D eigenvalue weighted by Gasteiger charge is 2.16. The van der Waals surface area contributed by atoms with E-state index >= 15 is 0 Å². The summed E-state index contributed by atoms with van der Waals surface area (Å²) in [5, 5.41) is 2.98. The van der Waals surface area contributed by atoms with Crippen LogP contribution in [0.3, 0.4) is 0 Å². The molecule has 0 saturated heterocycles. The average molecular weight is 347 g/mol. The second-order valence-electron chi connectivity index (χ2n) is 4.97. The lowest BCUT2D eigenvalue weighted by molar-refractivity contribution is -0.113. The molecule has 1 aromatic heterocycles. The number of aryl methyl sites for hydroxylation is 1. The number of hydrogen-bond acceptors (Lipinski definition) is 6. The van der Waals surface area contributed by atoms with Gasteiger partial charge >= 0.3 is 5.69 Å². The van der Waals surface area contributed by atoms with Gasteiger partial charge in [0, 0.05) is 17.4 Å². The van der Waals surface area contributed by atoms with Crippen molar-refractivity contribution in [2.24, 2.45) is 0 Å². The topological polar surface area (TPSA) is 101 Å². The molecule has 2 aromatic rings. The normalized spacial score (nSPS) is 10.3. The SMILES string of the molecule is COc1cccc(NC(=O)CSc2nc(=O)[nH]c(C)c2C(C)=O)c1. The standard InChI is InChI=1S/C16H17N3O4S/c1-9-14(10(2)20)15(19-16(22)17-9)24-8-13(21)18-11-5-4-6-12(7-11)23-3/h4-7H,8H2,1-3H3,(H,18,21)(H,17,19,22). The van der Waals surface area contributed by atoms with Gasteiger partial charge in [-0.1, -0.05) is 17.8 Å². The lowest BCUT2D eigenvalue weighted by atomic mass is 10.2. The molecule has 0 aliphatic carbocycles. The van der Waals surface area contributed by atoms with E-state index < -0.39 is 5.69 Å². The van der Waals surface area contributed by atoms with Crippen molar-refractivity contribution in [1.82, 2.24) is 9.97 Å². The molecule has 0 aliphatic rings. The molecule has 0 unspecified atom stereocenters. The summed E-state index contributed by atoms with van der Waals surface area (Å²) in [5.41, 5.74) is 0.821. The number of benzene rings is 1. The number of nitrogens with one attached hydrogen (secondary N) is 2. The molecule has 7 nitrogen and oxygen atoms in total. The molecule has 0 atom stereocenters. The van der Waals surface area contributed by atoms with E-state index in [-0.39, 0.29) is 22.5 Å². The third-order valence-corrected chi connectivity index (χ3v) is 4.11. The molecule has 1 aromatic carbocycles. The van der Waals surface area contributed by atoms with E-state index in [4.69, 9.17) is 4.74 Å². The van der Waals surface area contributed by atoms with E-state index in [1.54, 1.807) is 38.3 Å². The zero-order valence-corrected chi connectivity index (χ0v) is 14.3. The van der Waals surface area contributed by atoms with Crippen LogP contribution in [0, 0.1) is 6.92 Å². The van der Waals surface area contributed by atoms with Gasteiger partial charge in [0.1, 0.15) is 10.8 Å². The first kappa shape index (κ1) is 17.7. The molecule has 0 spiro atoms. The molecule has 0 fully saturated rings. The van der Waals surface area contributed by atoms with Gasteiger partial charge < -0.3 is 15.0 Å². The first-order valence-corrected chi connectivity index (χ1v) is 8.08. The number of anilines is 1. The first-order chi connectivity index (χ1) is 11.4. The van der Waals surface area contributed by atoms with Gasteiger partial charge in [-0.3, -0.25) is 9.59 Å². The van der Waals surface area contributed by atoms with E-state index in [2.05, 4.69) is 15.3 Å². The molecule has 0 aliphatic heterocycles. The van der Waals surface area contributed by atoms with Crippen molar-refractivity contribution in [2.45, 2.75) is 18.9 Å². The predicted octanol–water partition coefficient (Wildman–Crippen LogP) is 2.02. The number of carbonyl (C=O) groups is 2. The van der Waals surface area contributed by atoms with Gasteiger partial charge in [-0.15, -0.1) is 0 Å². The van der Waals surface area contributed by atoms with Crippen LogP contribution in [0.4, 0.5) is 5.69 Å². The van der Waals surface area contributed by atoms with Gasteiger partial charge in [0.2, 0.25) is 5.91 Å². The number of aromatic nitrogens is 2. The minimum absolute atomic E-state index is 0.0212. The predicted molar refractivity (Wildman–Crippen MR) is 91.9 cm³/mol. The van der Waals surface area contributed by atoms with Gasteiger partial charge in [0.05, 0.1) is 18.4 Å². The summed E-state index contributed by atoms with van der Waals surface area (Å²) in [6.07, 6.45) is 0. The zero-order valence-electron chi connectivity index (χ0n) is 13.5. The summed E-state index contributed by atoms with van der Waals surface area (Å²) in [6.45, 7) is 3.02. The van der Waals surface area contributed by atoms with Gasteiger partial charge in [0.15, 0.2) is 5.78 Å². The monoisotopic (exact) mass is 347 g/mol. The Hall–Kier alpha value is -2.61. The molecule has 1 amide bonds. The molecule has 0 radical (unpaired) electrons. The third kappa shape index (κ3) is 4.45. The van der Waals surface area contributed by atoms with Crippen LogP contribution < -0.4 is 15.7 Å². The second kappa shape index (κ2) is 7.78. The largest absolute Gasteiger partial charge is 0.497 e. The number of rotatable bonds is 6. The number of Topliss-reactive ketones (excluding diaryl/α,β-unsaturated/α-hetero) is 1. The summed E-state index contributed by atoms with van der Waals surface area (Å²) in [5.74, 6) is 0.161. The molecule has 2 rings (SSSR count). The van der Waals surface area contributed by atoms with Crippen molar-refractivity contribution in [3.63, 3.8) is 0 Å². The number of carbonyl (C=O) groups excluding carboxylic acids is 2. The van der Waals surface area contributed by atoms with Crippen LogP contribution in [0.15, 0.2) is 34.1 Å². The highest BCUT2D eigenvalue weighted by atomic mass is 32.2. The van der Waals surface area contributed by atoms with Gasteiger partial charge in [0.25, 0.3) is 0 Å². The van der Waals surface area contributed by atoms with Gasteiger partial charge in [-0.25, -0.2) is 4.79 Å². The Bertz CT molecular complexity index is 832. The molecule has 24 heavy (non-hydrogen) atoms. The Kier molecular flexibility index (Phi) is 5.75. The van der Waals surface area contributed by atoms with Crippen molar-refractivity contribution in [2.75, 3.05) is 18.2 Å². The van der Waals surface area contributed by atoms with Crippen LogP contribution in [0.25, 0.3) is 0 Å². The van der Waals surface area contributed by atoms with Crippen LogP contribution in [-0.4, -0.2) is 34.5 Å². The second-order valence-corrected chi connectivity index (χ2v) is 5.94. The number of hydrogen-bond donors (Lipinski definition) is 2. The highest BCUT2D eigenvalue weighted by Crippen LogP contribution is 2.22. The summed E-state index contributed by atoms with van der Waals surface area (Å²) in [4.78, 5) is 41.5. The van der Waals surface area contributed by atoms with Crippen molar-refractivity contribution in [1.29, 1.82) is 0 Å². The minimum atomic E-state index is -0.548. The minimum Gasteiger partial charge on any atom is -0.497 e. The molecular weight excluding hydrogens is 330 g/mol. The number of amides is 1. The highest BCUT2D eigenvalue weighted by molar-refractivity contribution is 8.00. The summed E-state index contributed by atoms with van der Waals surface area (Å²) in [6, 6.07) is 6.96. The Morgan fingerprint density at radius 2 is 2.12 bits per heavy atom. The van der Waals surface area contributed by atoms with Gasteiger partial charge in [-0.05, 0) is 26.0 Å². The number of ketones is 1. The van der Waals surface area contributed by atoms with Crippen molar-refractivity contribution in [3.8, 4) is 5.75 Å². The lowest BCUT2D eigenvalue weighted by Crippen LogP contribution is -2.19. The maximum Gasteiger partial charge on any atom is 0.346 e. The van der Waals surface area contributed by atoms with E-state index in [1.807, 2.05) is 0 Å². The molecule has 8 heteroatoms. The average Bonchev–Trinajstić information content (AvgIpc) is 2.52. The zero-order chi connectivity index (χ0) is 17.7. The first-order valence-electron chi connectivity index (χ1n) is 7.09. The summed E-state index contributed by atoms with van der Waals surface area (Å²) in [7, 11) is 1.54. The van der Waals surface area contributed by atoms with E-state index in [9.17, 15) is 14.4 Å². The maximum atomic E-state index is 12.1. The van der Waals surface area contributed by atoms with Crippen LogP contribution >= 0.6 is 11.8 Å². The van der Waals surface area contributed by atoms with E-state index in [0.29, 0.717) is 22.7 Å². The Balaban J connectivity index is 2.09. The molecule has 1 heterocycles. The number of H-pyrrole nitrogens is 1. The van der Waals surface area contributed by atoms with E-state index in [1.165, 1.54) is 6.92 Å². The van der Waals surface area contributed by atoms with Crippen LogP contribution in [0.1, 0.15) is 23.0 Å². The van der Waals surface area contributed by atoms with Crippen molar-refractivity contribution >= 4 is 29.1 Å². The number of ether oxygens (including phenoxy) is 1. The number of aromatic amines is 1. The van der Waals surface area contributed by atoms with Crippen molar-refractivity contribution < 1.29 is 14.3 Å². The number of methoxy groups -OCH3 is 1. The number of thioether (sulfide) groups is 1. The quantitative estimate of drug-likeness (QED) is 0.471. The fourth-order valence-electron chi connectivity index (χ4n) is 2.11. The fraction of sp³-hybridized carbons (Fsp3) is 0.250. The van der Waals surface area contributed by atoms with Crippen LogP contribution in [0.5, 0.6) is 5.75 Å². The number of nitrogens with zero attached hydrogens (tertiary/aromatic N) is 1. The third-order valence-electron chi connectivity index (χ3n) is 3.13. The van der Waals surface area contributed by atoms with Gasteiger partial charge in [-0.2, -0.15) is 4.98 Å². The molecule has 2 N–H and O–H groups in total. The van der Waals surface area contributed by atoms with Crippen LogP contribution in [0.2, 0.25) is 0 Å². The fourth-order valence-corrected chi connectivity index (χ4v) is 3.04. The van der Waals surface area contributed by atoms with E-state index in [0.717, 1.165) is 11.8 Å². The lowest BCUT2D eigenvalue weighted by Gasteiger charge is -2.09. The molecule has 0 saturated carbocycles. The Morgan fingerprint density at radius 1 is 1.38 bits per heavy atom. The Morgan fingerprint density at radius 3 is 2.79 bits per heavy atom. The van der Waals surface area contributed by atoms with Crippen molar-refractivity contribution in [3.05, 3.63) is 46.0 Å². The molecule has 126 valence electrons. The molecule has 0 bridgehead atoms. The maximum absolute atomic E-state index is 12.1.